The van der Waals surface area contributed by atoms with E-state index in [1.165, 1.54) is 0 Å². The maximum atomic E-state index is 8.12. The predicted octanol–water partition coefficient (Wildman–Crippen LogP) is 1.45. The van der Waals surface area contributed by atoms with Gasteiger partial charge in [0, 0.05) is 12.0 Å². The molecule has 9 heavy (non-hydrogen) atoms. The van der Waals surface area contributed by atoms with E-state index in [4.69, 9.17) is 11.0 Å². The Hall–Kier alpha value is -0.260. The van der Waals surface area contributed by atoms with Crippen LogP contribution in [-0.2, 0) is 0 Å². The van der Waals surface area contributed by atoms with Gasteiger partial charge in [0.1, 0.15) is 0 Å². The van der Waals surface area contributed by atoms with Crippen LogP contribution in [-0.4, -0.2) is 5.54 Å². The van der Waals surface area contributed by atoms with Crippen LogP contribution in [0.25, 0.3) is 0 Å². The summed E-state index contributed by atoms with van der Waals surface area (Å²) in [6.07, 6.45) is 1.34. The smallest absolute Gasteiger partial charge is 0.0622 e. The normalized spacial score (nSPS) is 9.56. The monoisotopic (exact) mass is 148 g/mol. The predicted molar refractivity (Wildman–Crippen MR) is 40.4 cm³/mol. The fourth-order valence-electron chi connectivity index (χ4n) is 0.378. The van der Waals surface area contributed by atoms with Gasteiger partial charge < -0.3 is 5.73 Å². The van der Waals surface area contributed by atoms with E-state index in [-0.39, 0.29) is 17.9 Å². The minimum Gasteiger partial charge on any atom is -0.326 e. The zero-order chi connectivity index (χ0) is 6.62. The van der Waals surface area contributed by atoms with E-state index in [1.54, 1.807) is 0 Å². The first-order valence-electron chi connectivity index (χ1n) is 2.72. The third kappa shape index (κ3) is 11.4. The third-order valence-electron chi connectivity index (χ3n) is 0.881. The van der Waals surface area contributed by atoms with Crippen molar-refractivity contribution in [3.8, 4) is 6.07 Å². The highest BCUT2D eigenvalue weighted by Gasteiger charge is 2.08. The zero-order valence-corrected chi connectivity index (χ0v) is 6.66. The average molecular weight is 149 g/mol. The summed E-state index contributed by atoms with van der Waals surface area (Å²) < 4.78 is 0. The van der Waals surface area contributed by atoms with E-state index in [9.17, 15) is 0 Å². The van der Waals surface area contributed by atoms with Crippen LogP contribution in [0.2, 0.25) is 0 Å². The Kier molecular flexibility index (Phi) is 5.89. The standard InChI is InChI=1S/C6H12N2.ClH/c1-6(2,8)4-3-5-7;/h3-4,8H2,1-2H3;1H. The molecule has 0 fully saturated rings. The van der Waals surface area contributed by atoms with Crippen molar-refractivity contribution in [2.24, 2.45) is 5.73 Å². The van der Waals surface area contributed by atoms with Gasteiger partial charge in [-0.05, 0) is 20.3 Å². The molecule has 0 spiro atoms. The van der Waals surface area contributed by atoms with Crippen molar-refractivity contribution < 1.29 is 0 Å². The number of nitrogens with zero attached hydrogens (tertiary/aromatic N) is 1. The van der Waals surface area contributed by atoms with Crippen molar-refractivity contribution in [2.45, 2.75) is 32.2 Å². The maximum absolute atomic E-state index is 8.12. The summed E-state index contributed by atoms with van der Waals surface area (Å²) in [7, 11) is 0. The zero-order valence-electron chi connectivity index (χ0n) is 5.85. The molecule has 0 aromatic carbocycles. The Morgan fingerprint density at radius 3 is 2.11 bits per heavy atom. The lowest BCUT2D eigenvalue weighted by Crippen LogP contribution is -2.31. The molecule has 2 N–H and O–H groups in total. The van der Waals surface area contributed by atoms with Crippen molar-refractivity contribution in [1.82, 2.24) is 0 Å². The van der Waals surface area contributed by atoms with Gasteiger partial charge in [-0.3, -0.25) is 0 Å². The summed E-state index contributed by atoms with van der Waals surface area (Å²) in [4.78, 5) is 0. The van der Waals surface area contributed by atoms with Crippen LogP contribution in [0.4, 0.5) is 0 Å². The molecule has 0 aliphatic heterocycles. The Labute approximate surface area is 62.4 Å². The van der Waals surface area contributed by atoms with E-state index in [0.717, 1.165) is 6.42 Å². The van der Waals surface area contributed by atoms with Crippen LogP contribution in [0, 0.1) is 11.3 Å². The summed E-state index contributed by atoms with van der Waals surface area (Å²) in [5, 5.41) is 8.12. The van der Waals surface area contributed by atoms with Gasteiger partial charge >= 0.3 is 0 Å². The first kappa shape index (κ1) is 11.5. The molecule has 0 amide bonds. The highest BCUT2D eigenvalue weighted by molar-refractivity contribution is 5.85. The van der Waals surface area contributed by atoms with Gasteiger partial charge in [0.2, 0.25) is 0 Å². The molecule has 0 heterocycles. The van der Waals surface area contributed by atoms with Crippen LogP contribution in [0.15, 0.2) is 0 Å². The highest BCUT2D eigenvalue weighted by Crippen LogP contribution is 2.04. The first-order valence-corrected chi connectivity index (χ1v) is 2.72. The second-order valence-electron chi connectivity index (χ2n) is 2.65. The van der Waals surface area contributed by atoms with E-state index < -0.39 is 0 Å². The highest BCUT2D eigenvalue weighted by atomic mass is 35.5. The second kappa shape index (κ2) is 4.60. The number of hydrogen-bond acceptors (Lipinski definition) is 2. The fraction of sp³-hybridized carbons (Fsp3) is 0.833. The molecule has 0 radical (unpaired) electrons. The maximum Gasteiger partial charge on any atom is 0.0622 e. The molecular weight excluding hydrogens is 136 g/mol. The van der Waals surface area contributed by atoms with E-state index in [2.05, 4.69) is 0 Å². The molecule has 0 aliphatic carbocycles. The van der Waals surface area contributed by atoms with Gasteiger partial charge in [-0.1, -0.05) is 0 Å². The summed E-state index contributed by atoms with van der Waals surface area (Å²) in [5.41, 5.74) is 5.40. The topological polar surface area (TPSA) is 49.8 Å². The molecule has 0 aromatic rings. The molecule has 0 unspecified atom stereocenters. The number of halogens is 1. The van der Waals surface area contributed by atoms with E-state index >= 15 is 0 Å². The SMILES string of the molecule is CC(C)(N)CCC#N.Cl. The second-order valence-corrected chi connectivity index (χ2v) is 2.65. The Morgan fingerprint density at radius 1 is 1.56 bits per heavy atom. The molecule has 0 aliphatic rings. The van der Waals surface area contributed by atoms with Gasteiger partial charge in [-0.2, -0.15) is 5.26 Å². The molecule has 54 valence electrons. The molecule has 0 bridgehead atoms. The van der Waals surface area contributed by atoms with Gasteiger partial charge in [0.25, 0.3) is 0 Å². The van der Waals surface area contributed by atoms with Crippen LogP contribution < -0.4 is 5.73 Å². The van der Waals surface area contributed by atoms with Crippen LogP contribution in [0.5, 0.6) is 0 Å². The van der Waals surface area contributed by atoms with Crippen LogP contribution in [0.1, 0.15) is 26.7 Å². The van der Waals surface area contributed by atoms with E-state index in [1.807, 2.05) is 19.9 Å². The van der Waals surface area contributed by atoms with Crippen molar-refractivity contribution >= 4 is 12.4 Å². The molecule has 0 atom stereocenters. The Bertz CT molecular complexity index is 98.6. The Balaban J connectivity index is 0. The van der Waals surface area contributed by atoms with Crippen molar-refractivity contribution in [3.63, 3.8) is 0 Å². The summed E-state index contributed by atoms with van der Waals surface area (Å²) in [6, 6.07) is 2.04. The number of nitrogens with two attached hydrogens (primary N) is 1. The molecule has 0 rings (SSSR count). The number of nitriles is 1. The lowest BCUT2D eigenvalue weighted by Gasteiger charge is -2.14. The van der Waals surface area contributed by atoms with Crippen molar-refractivity contribution in [2.75, 3.05) is 0 Å². The number of rotatable bonds is 2. The number of hydrogen-bond donors (Lipinski definition) is 1. The molecule has 0 saturated heterocycles. The Morgan fingerprint density at radius 2 is 2.00 bits per heavy atom. The third-order valence-corrected chi connectivity index (χ3v) is 0.881. The average Bonchev–Trinajstić information content (AvgIpc) is 1.59. The largest absolute Gasteiger partial charge is 0.326 e. The van der Waals surface area contributed by atoms with Gasteiger partial charge in [0.05, 0.1) is 6.07 Å². The minimum absolute atomic E-state index is 0. The lowest BCUT2D eigenvalue weighted by atomic mass is 10.0. The summed E-state index contributed by atoms with van der Waals surface area (Å²) >= 11 is 0. The molecular formula is C6H13ClN2. The lowest BCUT2D eigenvalue weighted by molar-refractivity contribution is 0.483. The van der Waals surface area contributed by atoms with Crippen molar-refractivity contribution in [1.29, 1.82) is 5.26 Å². The van der Waals surface area contributed by atoms with E-state index in [0.29, 0.717) is 6.42 Å². The molecule has 0 saturated carbocycles. The summed E-state index contributed by atoms with van der Waals surface area (Å²) in [6.45, 7) is 3.84. The van der Waals surface area contributed by atoms with Gasteiger partial charge in [0.15, 0.2) is 0 Å². The van der Waals surface area contributed by atoms with Crippen LogP contribution in [0.3, 0.4) is 0 Å². The molecule has 0 aromatic heterocycles. The summed E-state index contributed by atoms with van der Waals surface area (Å²) in [5.74, 6) is 0. The fourth-order valence-corrected chi connectivity index (χ4v) is 0.378. The first-order chi connectivity index (χ1) is 3.56. The minimum atomic E-state index is -0.171. The molecule has 2 nitrogen and oxygen atoms in total. The molecule has 3 heteroatoms. The quantitative estimate of drug-likeness (QED) is 0.645. The van der Waals surface area contributed by atoms with Crippen LogP contribution >= 0.6 is 12.4 Å². The van der Waals surface area contributed by atoms with Gasteiger partial charge in [-0.25, -0.2) is 0 Å². The van der Waals surface area contributed by atoms with Crippen molar-refractivity contribution in [3.05, 3.63) is 0 Å². The van der Waals surface area contributed by atoms with Gasteiger partial charge in [-0.15, -0.1) is 12.4 Å².